The van der Waals surface area contributed by atoms with Crippen LogP contribution in [0.15, 0.2) is 6.07 Å². The minimum atomic E-state index is -0.470. The molecule has 8 heteroatoms. The molecule has 1 heterocycles. The van der Waals surface area contributed by atoms with E-state index >= 15 is 0 Å². The molecule has 0 aromatic carbocycles. The quantitative estimate of drug-likeness (QED) is 0.551. The van der Waals surface area contributed by atoms with Gasteiger partial charge in [0.25, 0.3) is 0 Å². The van der Waals surface area contributed by atoms with Crippen LogP contribution in [-0.4, -0.2) is 24.0 Å². The summed E-state index contributed by atoms with van der Waals surface area (Å²) in [7, 11) is 0. The zero-order valence-electron chi connectivity index (χ0n) is 9.20. The van der Waals surface area contributed by atoms with Gasteiger partial charge in [0, 0.05) is 6.54 Å². The Kier molecular flexibility index (Phi) is 4.80. The molecule has 1 aromatic rings. The van der Waals surface area contributed by atoms with Crippen molar-refractivity contribution in [2.45, 2.75) is 6.92 Å². The van der Waals surface area contributed by atoms with Crippen molar-refractivity contribution in [3.05, 3.63) is 16.1 Å². The van der Waals surface area contributed by atoms with E-state index in [1.807, 2.05) is 6.92 Å². The minimum absolute atomic E-state index is 0.0227. The molecule has 0 spiro atoms. The lowest BCUT2D eigenvalue weighted by Gasteiger charge is -2.22. The van der Waals surface area contributed by atoms with Gasteiger partial charge in [0.15, 0.2) is 5.82 Å². The third-order valence-corrected chi connectivity index (χ3v) is 2.64. The van der Waals surface area contributed by atoms with Crippen LogP contribution in [0.3, 0.4) is 0 Å². The molecular weight excluding hydrogens is 265 g/mol. The van der Waals surface area contributed by atoms with Gasteiger partial charge in [-0.15, -0.1) is 0 Å². The fraction of sp³-hybridized carbons (Fsp3) is 0.333. The molecule has 0 unspecified atom stereocenters. The third-order valence-electron chi connectivity index (χ3n) is 2.08. The number of pyridine rings is 1. The summed E-state index contributed by atoms with van der Waals surface area (Å²) < 4.78 is 0. The molecule has 0 fully saturated rings. The standard InChI is InChI=1S/C9H13Cl2N5O/c1-2-16(4-7(12)17)9-6(11)3-5(10)8(14-9)15-13/h3H,2,4,13H2,1H3,(H2,12,17)(H,14,15). The Morgan fingerprint density at radius 1 is 1.53 bits per heavy atom. The number of carbonyl (C=O) groups excluding carboxylic acids is 1. The Labute approximate surface area is 109 Å². The highest BCUT2D eigenvalue weighted by Gasteiger charge is 2.15. The lowest BCUT2D eigenvalue weighted by molar-refractivity contribution is -0.116. The highest BCUT2D eigenvalue weighted by Crippen LogP contribution is 2.30. The fourth-order valence-electron chi connectivity index (χ4n) is 1.30. The summed E-state index contributed by atoms with van der Waals surface area (Å²) in [6, 6.07) is 1.50. The van der Waals surface area contributed by atoms with E-state index in [-0.39, 0.29) is 12.4 Å². The Hall–Kier alpha value is -1.24. The zero-order valence-corrected chi connectivity index (χ0v) is 10.7. The van der Waals surface area contributed by atoms with Crippen molar-refractivity contribution in [3.8, 4) is 0 Å². The summed E-state index contributed by atoms with van der Waals surface area (Å²) in [5, 5.41) is 0.633. The van der Waals surface area contributed by atoms with E-state index in [1.165, 1.54) is 6.07 Å². The van der Waals surface area contributed by atoms with E-state index in [4.69, 9.17) is 34.8 Å². The number of nitrogens with zero attached hydrogens (tertiary/aromatic N) is 2. The van der Waals surface area contributed by atoms with Crippen molar-refractivity contribution in [1.82, 2.24) is 4.98 Å². The Bertz CT molecular complexity index is 426. The van der Waals surface area contributed by atoms with Crippen LogP contribution in [-0.2, 0) is 4.79 Å². The molecule has 1 aromatic heterocycles. The number of anilines is 2. The molecule has 0 saturated heterocycles. The molecule has 17 heavy (non-hydrogen) atoms. The molecule has 0 aliphatic rings. The highest BCUT2D eigenvalue weighted by molar-refractivity contribution is 6.37. The van der Waals surface area contributed by atoms with Crippen molar-refractivity contribution in [2.75, 3.05) is 23.4 Å². The number of hydrogen-bond acceptors (Lipinski definition) is 5. The van der Waals surface area contributed by atoms with Gasteiger partial charge in [-0.25, -0.2) is 10.8 Å². The van der Waals surface area contributed by atoms with Crippen LogP contribution < -0.4 is 21.9 Å². The second kappa shape index (κ2) is 5.90. The van der Waals surface area contributed by atoms with Crippen molar-refractivity contribution < 1.29 is 4.79 Å². The number of nitrogens with two attached hydrogens (primary N) is 2. The van der Waals surface area contributed by atoms with Gasteiger partial charge in [0.05, 0.1) is 16.6 Å². The molecule has 94 valence electrons. The summed E-state index contributed by atoms with van der Waals surface area (Å²) in [6.07, 6.45) is 0. The first kappa shape index (κ1) is 13.8. The largest absolute Gasteiger partial charge is 0.368 e. The molecule has 0 aliphatic carbocycles. The van der Waals surface area contributed by atoms with Crippen LogP contribution in [0.2, 0.25) is 10.0 Å². The summed E-state index contributed by atoms with van der Waals surface area (Å²) in [6.45, 7) is 2.40. The number of hydrazine groups is 1. The predicted molar refractivity (Wildman–Crippen MR) is 69.1 cm³/mol. The number of halogens is 2. The van der Waals surface area contributed by atoms with Crippen LogP contribution in [0.5, 0.6) is 0 Å². The molecule has 0 bridgehead atoms. The van der Waals surface area contributed by atoms with E-state index < -0.39 is 5.91 Å². The predicted octanol–water partition coefficient (Wildman–Crippen LogP) is 0.986. The normalized spacial score (nSPS) is 10.1. The highest BCUT2D eigenvalue weighted by atomic mass is 35.5. The molecule has 5 N–H and O–H groups in total. The summed E-state index contributed by atoms with van der Waals surface area (Å²) >= 11 is 11.9. The average Bonchev–Trinajstić information content (AvgIpc) is 2.26. The van der Waals surface area contributed by atoms with Crippen LogP contribution in [0.25, 0.3) is 0 Å². The number of aromatic nitrogens is 1. The number of rotatable bonds is 5. The Morgan fingerprint density at radius 3 is 2.65 bits per heavy atom. The monoisotopic (exact) mass is 277 g/mol. The first-order valence-electron chi connectivity index (χ1n) is 4.85. The Balaban J connectivity index is 3.14. The fourth-order valence-corrected chi connectivity index (χ4v) is 1.84. The molecule has 0 aliphatic heterocycles. The number of amides is 1. The number of nitrogen functional groups attached to an aromatic ring is 1. The lowest BCUT2D eigenvalue weighted by Crippen LogP contribution is -2.34. The lowest BCUT2D eigenvalue weighted by atomic mass is 10.3. The summed E-state index contributed by atoms with van der Waals surface area (Å²) in [4.78, 5) is 16.7. The number of nitrogens with one attached hydrogen (secondary N) is 1. The van der Waals surface area contributed by atoms with Crippen molar-refractivity contribution in [3.63, 3.8) is 0 Å². The van der Waals surface area contributed by atoms with Crippen molar-refractivity contribution in [1.29, 1.82) is 0 Å². The second-order valence-corrected chi connectivity index (χ2v) is 4.06. The molecule has 0 radical (unpaired) electrons. The van der Waals surface area contributed by atoms with Gasteiger partial charge in [-0.1, -0.05) is 23.2 Å². The van der Waals surface area contributed by atoms with E-state index in [1.54, 1.807) is 4.90 Å². The maximum Gasteiger partial charge on any atom is 0.236 e. The van der Waals surface area contributed by atoms with E-state index in [0.29, 0.717) is 22.4 Å². The number of likely N-dealkylation sites (N-methyl/N-ethyl adjacent to an activating group) is 1. The first-order chi connectivity index (χ1) is 7.99. The third kappa shape index (κ3) is 3.36. The number of primary amides is 1. The average molecular weight is 278 g/mol. The second-order valence-electron chi connectivity index (χ2n) is 3.25. The number of hydrogen-bond donors (Lipinski definition) is 3. The molecule has 1 amide bonds. The molecule has 6 nitrogen and oxygen atoms in total. The van der Waals surface area contributed by atoms with Gasteiger partial charge in [0.1, 0.15) is 5.82 Å². The van der Waals surface area contributed by atoms with E-state index in [9.17, 15) is 4.79 Å². The van der Waals surface area contributed by atoms with Gasteiger partial charge in [-0.05, 0) is 13.0 Å². The molecule has 0 saturated carbocycles. The van der Waals surface area contributed by atoms with Gasteiger partial charge in [-0.3, -0.25) is 4.79 Å². The SMILES string of the molecule is CCN(CC(N)=O)c1nc(NN)c(Cl)cc1Cl. The summed E-state index contributed by atoms with van der Waals surface area (Å²) in [5.74, 6) is 5.49. The van der Waals surface area contributed by atoms with Crippen molar-refractivity contribution >= 4 is 40.7 Å². The molecule has 1 rings (SSSR count). The molecular formula is C9H13Cl2N5O. The van der Waals surface area contributed by atoms with Gasteiger partial charge < -0.3 is 16.1 Å². The maximum absolute atomic E-state index is 10.9. The summed E-state index contributed by atoms with van der Waals surface area (Å²) in [5.41, 5.74) is 7.49. The van der Waals surface area contributed by atoms with Crippen LogP contribution in [0.4, 0.5) is 11.6 Å². The minimum Gasteiger partial charge on any atom is -0.368 e. The van der Waals surface area contributed by atoms with Gasteiger partial charge >= 0.3 is 0 Å². The topological polar surface area (TPSA) is 97.3 Å². The zero-order chi connectivity index (χ0) is 13.0. The van der Waals surface area contributed by atoms with E-state index in [2.05, 4.69) is 10.4 Å². The maximum atomic E-state index is 10.9. The van der Waals surface area contributed by atoms with E-state index in [0.717, 1.165) is 0 Å². The van der Waals surface area contributed by atoms with Crippen molar-refractivity contribution in [2.24, 2.45) is 11.6 Å². The van der Waals surface area contributed by atoms with Gasteiger partial charge in [-0.2, -0.15) is 0 Å². The Morgan fingerprint density at radius 2 is 2.18 bits per heavy atom. The number of carbonyl (C=O) groups is 1. The van der Waals surface area contributed by atoms with Gasteiger partial charge in [0.2, 0.25) is 5.91 Å². The van der Waals surface area contributed by atoms with Crippen LogP contribution >= 0.6 is 23.2 Å². The van der Waals surface area contributed by atoms with Crippen LogP contribution in [0, 0.1) is 0 Å². The molecule has 0 atom stereocenters. The first-order valence-corrected chi connectivity index (χ1v) is 5.61. The smallest absolute Gasteiger partial charge is 0.236 e. The van der Waals surface area contributed by atoms with Crippen LogP contribution in [0.1, 0.15) is 6.92 Å².